The van der Waals surface area contributed by atoms with Crippen molar-refractivity contribution in [3.63, 3.8) is 0 Å². The van der Waals surface area contributed by atoms with Crippen LogP contribution in [0.2, 0.25) is 0 Å². The van der Waals surface area contributed by atoms with Crippen LogP contribution in [-0.2, 0) is 10.2 Å². The monoisotopic (exact) mass is 206 g/mol. The second-order valence-corrected chi connectivity index (χ2v) is 4.67. The van der Waals surface area contributed by atoms with E-state index in [1.54, 1.807) is 19.1 Å². The molecule has 0 atom stereocenters. The van der Waals surface area contributed by atoms with Crippen molar-refractivity contribution in [3.8, 4) is 11.5 Å². The van der Waals surface area contributed by atoms with Gasteiger partial charge in [0.15, 0.2) is 0 Å². The van der Waals surface area contributed by atoms with E-state index in [1.165, 1.54) is 0 Å². The third-order valence-corrected chi connectivity index (χ3v) is 2.84. The van der Waals surface area contributed by atoms with E-state index in [0.29, 0.717) is 12.2 Å². The first-order chi connectivity index (χ1) is 6.90. The normalized spacial score (nSPS) is 18.2. The molecule has 0 bridgehead atoms. The van der Waals surface area contributed by atoms with Crippen LogP contribution < -0.4 is 4.74 Å². The summed E-state index contributed by atoms with van der Waals surface area (Å²) in [5.41, 5.74) is 1.35. The molecule has 2 rings (SSSR count). The summed E-state index contributed by atoms with van der Waals surface area (Å²) >= 11 is 0. The number of aromatic hydroxyl groups is 1. The molecular weight excluding hydrogens is 192 g/mol. The third-order valence-electron chi connectivity index (χ3n) is 2.84. The van der Waals surface area contributed by atoms with Gasteiger partial charge in [0.1, 0.15) is 11.5 Å². The zero-order chi connectivity index (χ0) is 11.2. The highest BCUT2D eigenvalue weighted by molar-refractivity contribution is 5.78. The predicted molar refractivity (Wildman–Crippen MR) is 56.1 cm³/mol. The molecule has 0 amide bonds. The van der Waals surface area contributed by atoms with Gasteiger partial charge < -0.3 is 9.84 Å². The number of esters is 1. The minimum Gasteiger partial charge on any atom is -0.508 e. The molecule has 1 aromatic rings. The molecule has 0 aliphatic carbocycles. The Bertz CT molecular complexity index is 433. The molecule has 0 unspecified atom stereocenters. The lowest BCUT2D eigenvalue weighted by Crippen LogP contribution is -2.30. The number of phenols is 1. The van der Waals surface area contributed by atoms with E-state index in [4.69, 9.17) is 4.74 Å². The first-order valence-electron chi connectivity index (χ1n) is 4.95. The van der Waals surface area contributed by atoms with E-state index >= 15 is 0 Å². The highest BCUT2D eigenvalue weighted by atomic mass is 16.5. The summed E-state index contributed by atoms with van der Waals surface area (Å²) in [5, 5.41) is 9.63. The maximum absolute atomic E-state index is 11.4. The van der Waals surface area contributed by atoms with Gasteiger partial charge in [0.05, 0.1) is 6.42 Å². The summed E-state index contributed by atoms with van der Waals surface area (Å²) in [5.74, 6) is 0.615. The van der Waals surface area contributed by atoms with Gasteiger partial charge in [0.25, 0.3) is 0 Å². The second kappa shape index (κ2) is 2.99. The quantitative estimate of drug-likeness (QED) is 0.523. The molecule has 0 spiro atoms. The van der Waals surface area contributed by atoms with E-state index in [-0.39, 0.29) is 17.1 Å². The maximum Gasteiger partial charge on any atom is 0.312 e. The Balaban J connectivity index is 2.62. The molecule has 1 N–H and O–H groups in total. The van der Waals surface area contributed by atoms with Gasteiger partial charge >= 0.3 is 5.97 Å². The first kappa shape index (κ1) is 10.0. The molecule has 1 aromatic carbocycles. The van der Waals surface area contributed by atoms with Crippen LogP contribution in [0.3, 0.4) is 0 Å². The van der Waals surface area contributed by atoms with Crippen LogP contribution in [0.15, 0.2) is 12.1 Å². The Morgan fingerprint density at radius 3 is 2.73 bits per heavy atom. The van der Waals surface area contributed by atoms with Gasteiger partial charge in [-0.2, -0.15) is 0 Å². The molecule has 1 aliphatic rings. The number of carbonyl (C=O) groups excluding carboxylic acids is 1. The summed E-state index contributed by atoms with van der Waals surface area (Å²) < 4.78 is 5.15. The van der Waals surface area contributed by atoms with Crippen LogP contribution in [0.1, 0.15) is 31.4 Å². The molecule has 0 fully saturated rings. The van der Waals surface area contributed by atoms with Crippen LogP contribution >= 0.6 is 0 Å². The van der Waals surface area contributed by atoms with Crippen LogP contribution in [0.25, 0.3) is 0 Å². The van der Waals surface area contributed by atoms with Gasteiger partial charge in [-0.3, -0.25) is 4.79 Å². The number of ether oxygens (including phenoxy) is 1. The predicted octanol–water partition coefficient (Wildman–Crippen LogP) is 2.29. The van der Waals surface area contributed by atoms with Gasteiger partial charge in [-0.1, -0.05) is 13.8 Å². The van der Waals surface area contributed by atoms with Crippen molar-refractivity contribution >= 4 is 5.97 Å². The standard InChI is InChI=1S/C12H14O3/c1-7-4-10-8(5-9(7)13)12(2,3)6-11(14)15-10/h4-5,13H,6H2,1-3H3. The van der Waals surface area contributed by atoms with Gasteiger partial charge in [-0.15, -0.1) is 0 Å². The van der Waals surface area contributed by atoms with Crippen molar-refractivity contribution in [1.29, 1.82) is 0 Å². The number of phenolic OH excluding ortho intramolecular Hbond substituents is 1. The molecular formula is C12H14O3. The Morgan fingerprint density at radius 2 is 2.07 bits per heavy atom. The van der Waals surface area contributed by atoms with Crippen LogP contribution in [0.5, 0.6) is 11.5 Å². The van der Waals surface area contributed by atoms with Crippen LogP contribution in [-0.4, -0.2) is 11.1 Å². The molecule has 0 aromatic heterocycles. The summed E-state index contributed by atoms with van der Waals surface area (Å²) in [4.78, 5) is 11.4. The fourth-order valence-electron chi connectivity index (χ4n) is 1.90. The Kier molecular flexibility index (Phi) is 2.00. The zero-order valence-electron chi connectivity index (χ0n) is 9.13. The Hall–Kier alpha value is -1.51. The second-order valence-electron chi connectivity index (χ2n) is 4.67. The summed E-state index contributed by atoms with van der Waals surface area (Å²) in [7, 11) is 0. The number of aryl methyl sites for hydroxylation is 1. The van der Waals surface area contributed by atoms with Crippen molar-refractivity contribution in [3.05, 3.63) is 23.3 Å². The number of rotatable bonds is 0. The van der Waals surface area contributed by atoms with E-state index in [9.17, 15) is 9.90 Å². The molecule has 3 nitrogen and oxygen atoms in total. The molecule has 0 saturated heterocycles. The van der Waals surface area contributed by atoms with Crippen molar-refractivity contribution in [2.45, 2.75) is 32.6 Å². The van der Waals surface area contributed by atoms with Crippen molar-refractivity contribution in [2.24, 2.45) is 0 Å². The van der Waals surface area contributed by atoms with Crippen LogP contribution in [0, 0.1) is 6.92 Å². The number of carbonyl (C=O) groups is 1. The fraction of sp³-hybridized carbons (Fsp3) is 0.417. The minimum absolute atomic E-state index is 0.211. The number of fused-ring (bicyclic) bond motifs is 1. The number of benzene rings is 1. The molecule has 0 radical (unpaired) electrons. The molecule has 0 saturated carbocycles. The average molecular weight is 206 g/mol. The molecule has 15 heavy (non-hydrogen) atoms. The van der Waals surface area contributed by atoms with Crippen molar-refractivity contribution < 1.29 is 14.6 Å². The van der Waals surface area contributed by atoms with Gasteiger partial charge in [-0.25, -0.2) is 0 Å². The maximum atomic E-state index is 11.4. The smallest absolute Gasteiger partial charge is 0.312 e. The van der Waals surface area contributed by atoms with Crippen LogP contribution in [0.4, 0.5) is 0 Å². The summed E-state index contributed by atoms with van der Waals surface area (Å²) in [6.07, 6.45) is 0.350. The Morgan fingerprint density at radius 1 is 1.40 bits per heavy atom. The fourth-order valence-corrected chi connectivity index (χ4v) is 1.90. The molecule has 3 heteroatoms. The largest absolute Gasteiger partial charge is 0.508 e. The Labute approximate surface area is 88.7 Å². The molecule has 1 aliphatic heterocycles. The lowest BCUT2D eigenvalue weighted by atomic mass is 9.79. The van der Waals surface area contributed by atoms with E-state index in [1.807, 2.05) is 13.8 Å². The van der Waals surface area contributed by atoms with E-state index in [0.717, 1.165) is 11.1 Å². The van der Waals surface area contributed by atoms with Gasteiger partial charge in [-0.05, 0) is 24.6 Å². The topological polar surface area (TPSA) is 46.5 Å². The summed E-state index contributed by atoms with van der Waals surface area (Å²) in [6, 6.07) is 3.40. The molecule has 80 valence electrons. The van der Waals surface area contributed by atoms with Crippen molar-refractivity contribution in [1.82, 2.24) is 0 Å². The third kappa shape index (κ3) is 1.58. The molecule has 1 heterocycles. The van der Waals surface area contributed by atoms with Gasteiger partial charge in [0, 0.05) is 11.0 Å². The minimum atomic E-state index is -0.268. The summed E-state index contributed by atoms with van der Waals surface area (Å²) in [6.45, 7) is 5.73. The lowest BCUT2D eigenvalue weighted by molar-refractivity contribution is -0.136. The first-order valence-corrected chi connectivity index (χ1v) is 4.95. The average Bonchev–Trinajstić information content (AvgIpc) is 2.07. The highest BCUT2D eigenvalue weighted by Crippen LogP contribution is 2.41. The lowest BCUT2D eigenvalue weighted by Gasteiger charge is -2.31. The highest BCUT2D eigenvalue weighted by Gasteiger charge is 2.34. The SMILES string of the molecule is Cc1cc2c(cc1O)C(C)(C)CC(=O)O2. The number of hydrogen-bond donors (Lipinski definition) is 1. The van der Waals surface area contributed by atoms with Gasteiger partial charge in [0.2, 0.25) is 0 Å². The van der Waals surface area contributed by atoms with E-state index < -0.39 is 0 Å². The zero-order valence-corrected chi connectivity index (χ0v) is 9.13. The number of hydrogen-bond acceptors (Lipinski definition) is 3. The van der Waals surface area contributed by atoms with E-state index in [2.05, 4.69) is 0 Å². The van der Waals surface area contributed by atoms with Crippen molar-refractivity contribution in [2.75, 3.05) is 0 Å².